The fourth-order valence-corrected chi connectivity index (χ4v) is 2.36. The SMILES string of the molecule is N#Cc1ccc(CCCCCOC(=O)Cc2ccc(F)cc2)cc1. The van der Waals surface area contributed by atoms with E-state index in [1.54, 1.807) is 12.1 Å². The van der Waals surface area contributed by atoms with Crippen molar-refractivity contribution < 1.29 is 13.9 Å². The third kappa shape index (κ3) is 6.21. The molecule has 4 heteroatoms. The van der Waals surface area contributed by atoms with Crippen molar-refractivity contribution in [2.45, 2.75) is 32.1 Å². The number of aryl methyl sites for hydroxylation is 1. The van der Waals surface area contributed by atoms with Crippen LogP contribution in [0, 0.1) is 17.1 Å². The van der Waals surface area contributed by atoms with Gasteiger partial charge in [-0.3, -0.25) is 4.79 Å². The van der Waals surface area contributed by atoms with E-state index in [9.17, 15) is 9.18 Å². The molecular formula is C20H20FNO2. The van der Waals surface area contributed by atoms with Crippen LogP contribution in [0.15, 0.2) is 48.5 Å². The molecule has 124 valence electrons. The number of hydrogen-bond acceptors (Lipinski definition) is 3. The summed E-state index contributed by atoms with van der Waals surface area (Å²) in [4.78, 5) is 11.7. The summed E-state index contributed by atoms with van der Waals surface area (Å²) in [6, 6.07) is 15.6. The second-order valence-electron chi connectivity index (χ2n) is 5.64. The first-order chi connectivity index (χ1) is 11.7. The van der Waals surface area contributed by atoms with Gasteiger partial charge in [0.05, 0.1) is 24.7 Å². The summed E-state index contributed by atoms with van der Waals surface area (Å²) < 4.78 is 18.0. The highest BCUT2D eigenvalue weighted by Crippen LogP contribution is 2.09. The van der Waals surface area contributed by atoms with Crippen LogP contribution in [0.25, 0.3) is 0 Å². The third-order valence-corrected chi connectivity index (χ3v) is 3.72. The second-order valence-corrected chi connectivity index (χ2v) is 5.64. The van der Waals surface area contributed by atoms with Crippen LogP contribution >= 0.6 is 0 Å². The van der Waals surface area contributed by atoms with E-state index in [4.69, 9.17) is 10.00 Å². The van der Waals surface area contributed by atoms with Crippen molar-refractivity contribution in [2.24, 2.45) is 0 Å². The van der Waals surface area contributed by atoms with E-state index in [-0.39, 0.29) is 18.2 Å². The molecule has 0 unspecified atom stereocenters. The Hall–Kier alpha value is -2.67. The van der Waals surface area contributed by atoms with Crippen LogP contribution in [-0.4, -0.2) is 12.6 Å². The molecule has 2 aromatic carbocycles. The van der Waals surface area contributed by atoms with Crippen LogP contribution in [0.1, 0.15) is 36.0 Å². The van der Waals surface area contributed by atoms with E-state index in [1.807, 2.05) is 24.3 Å². The molecule has 0 aromatic heterocycles. The topological polar surface area (TPSA) is 50.1 Å². The van der Waals surface area contributed by atoms with Crippen molar-refractivity contribution in [1.82, 2.24) is 0 Å². The zero-order valence-corrected chi connectivity index (χ0v) is 13.5. The minimum atomic E-state index is -0.311. The number of carbonyl (C=O) groups excluding carboxylic acids is 1. The van der Waals surface area contributed by atoms with E-state index < -0.39 is 0 Å². The van der Waals surface area contributed by atoms with Crippen molar-refractivity contribution in [3.63, 3.8) is 0 Å². The summed E-state index contributed by atoms with van der Waals surface area (Å²) in [7, 11) is 0. The zero-order valence-electron chi connectivity index (χ0n) is 13.5. The number of nitriles is 1. The molecular weight excluding hydrogens is 305 g/mol. The lowest BCUT2D eigenvalue weighted by molar-refractivity contribution is -0.142. The molecule has 0 amide bonds. The maximum absolute atomic E-state index is 12.8. The predicted octanol–water partition coefficient (Wildman–Crippen LogP) is 4.20. The average molecular weight is 325 g/mol. The standard InChI is InChI=1S/C20H20FNO2/c21-19-11-9-17(10-12-19)14-20(23)24-13-3-1-2-4-16-5-7-18(15-22)8-6-16/h5-12H,1-4,13-14H2. The summed E-state index contributed by atoms with van der Waals surface area (Å²) in [5.74, 6) is -0.594. The van der Waals surface area contributed by atoms with Gasteiger partial charge in [0.1, 0.15) is 5.82 Å². The Morgan fingerprint density at radius 3 is 2.29 bits per heavy atom. The maximum atomic E-state index is 12.8. The number of benzene rings is 2. The van der Waals surface area contributed by atoms with E-state index in [0.717, 1.165) is 31.2 Å². The van der Waals surface area contributed by atoms with Crippen molar-refractivity contribution in [1.29, 1.82) is 5.26 Å². The lowest BCUT2D eigenvalue weighted by Gasteiger charge is -2.05. The molecule has 0 heterocycles. The normalized spacial score (nSPS) is 10.2. The van der Waals surface area contributed by atoms with Crippen LogP contribution in [0.3, 0.4) is 0 Å². The highest BCUT2D eigenvalue weighted by Gasteiger charge is 2.05. The molecule has 3 nitrogen and oxygen atoms in total. The van der Waals surface area contributed by atoms with Gasteiger partial charge in [-0.05, 0) is 61.1 Å². The fourth-order valence-electron chi connectivity index (χ4n) is 2.36. The van der Waals surface area contributed by atoms with E-state index in [1.165, 1.54) is 17.7 Å². The second kappa shape index (κ2) is 9.46. The molecule has 0 saturated heterocycles. The van der Waals surface area contributed by atoms with Crippen molar-refractivity contribution in [2.75, 3.05) is 6.61 Å². The molecule has 2 rings (SSSR count). The van der Waals surface area contributed by atoms with Gasteiger partial charge in [0, 0.05) is 0 Å². The summed E-state index contributed by atoms with van der Waals surface area (Å²) in [5.41, 5.74) is 2.64. The fraction of sp³-hybridized carbons (Fsp3) is 0.300. The molecule has 0 radical (unpaired) electrons. The molecule has 0 fully saturated rings. The third-order valence-electron chi connectivity index (χ3n) is 3.72. The summed E-state index contributed by atoms with van der Waals surface area (Å²) in [5, 5.41) is 8.74. The number of ether oxygens (including phenoxy) is 1. The Morgan fingerprint density at radius 1 is 0.958 bits per heavy atom. The average Bonchev–Trinajstić information content (AvgIpc) is 2.60. The molecule has 24 heavy (non-hydrogen) atoms. The van der Waals surface area contributed by atoms with E-state index >= 15 is 0 Å². The predicted molar refractivity (Wildman–Crippen MR) is 89.8 cm³/mol. The van der Waals surface area contributed by atoms with Crippen LogP contribution in [-0.2, 0) is 22.4 Å². The molecule has 0 N–H and O–H groups in total. The van der Waals surface area contributed by atoms with Crippen LogP contribution in [0.4, 0.5) is 4.39 Å². The number of unbranched alkanes of at least 4 members (excludes halogenated alkanes) is 2. The number of nitrogens with zero attached hydrogens (tertiary/aromatic N) is 1. The van der Waals surface area contributed by atoms with Crippen LogP contribution in [0.2, 0.25) is 0 Å². The molecule has 0 aliphatic heterocycles. The first kappa shape index (κ1) is 17.7. The van der Waals surface area contributed by atoms with Crippen LogP contribution < -0.4 is 0 Å². The van der Waals surface area contributed by atoms with E-state index in [2.05, 4.69) is 6.07 Å². The molecule has 2 aromatic rings. The monoisotopic (exact) mass is 325 g/mol. The van der Waals surface area contributed by atoms with Crippen LogP contribution in [0.5, 0.6) is 0 Å². The minimum Gasteiger partial charge on any atom is -0.465 e. The Morgan fingerprint density at radius 2 is 1.62 bits per heavy atom. The smallest absolute Gasteiger partial charge is 0.310 e. The van der Waals surface area contributed by atoms with Crippen molar-refractivity contribution in [3.05, 3.63) is 71.0 Å². The number of rotatable bonds is 8. The van der Waals surface area contributed by atoms with Gasteiger partial charge in [0.25, 0.3) is 0 Å². The lowest BCUT2D eigenvalue weighted by Crippen LogP contribution is -2.09. The first-order valence-corrected chi connectivity index (χ1v) is 8.06. The van der Waals surface area contributed by atoms with Crippen molar-refractivity contribution in [3.8, 4) is 6.07 Å². The molecule has 0 atom stereocenters. The van der Waals surface area contributed by atoms with Gasteiger partial charge in [0.2, 0.25) is 0 Å². The molecule has 0 aliphatic carbocycles. The minimum absolute atomic E-state index is 0.172. The number of esters is 1. The van der Waals surface area contributed by atoms with E-state index in [0.29, 0.717) is 12.2 Å². The Kier molecular flexibility index (Phi) is 6.97. The zero-order chi connectivity index (χ0) is 17.2. The number of carbonyl (C=O) groups is 1. The Bertz CT molecular complexity index is 687. The summed E-state index contributed by atoms with van der Waals surface area (Å²) in [6.45, 7) is 0.410. The molecule has 0 saturated carbocycles. The summed E-state index contributed by atoms with van der Waals surface area (Å²) in [6.07, 6.45) is 3.94. The molecule has 0 spiro atoms. The molecule has 0 bridgehead atoms. The Labute approximate surface area is 141 Å². The summed E-state index contributed by atoms with van der Waals surface area (Å²) >= 11 is 0. The quantitative estimate of drug-likeness (QED) is 0.540. The van der Waals surface area contributed by atoms with Gasteiger partial charge < -0.3 is 4.74 Å². The van der Waals surface area contributed by atoms with Gasteiger partial charge in [-0.25, -0.2) is 4.39 Å². The molecule has 0 aliphatic rings. The van der Waals surface area contributed by atoms with Gasteiger partial charge in [-0.1, -0.05) is 24.3 Å². The number of hydrogen-bond donors (Lipinski definition) is 0. The van der Waals surface area contributed by atoms with Gasteiger partial charge in [-0.2, -0.15) is 5.26 Å². The van der Waals surface area contributed by atoms with Gasteiger partial charge in [0.15, 0.2) is 0 Å². The lowest BCUT2D eigenvalue weighted by atomic mass is 10.1. The first-order valence-electron chi connectivity index (χ1n) is 8.06. The number of halogens is 1. The largest absolute Gasteiger partial charge is 0.465 e. The maximum Gasteiger partial charge on any atom is 0.310 e. The van der Waals surface area contributed by atoms with Gasteiger partial charge in [-0.15, -0.1) is 0 Å². The highest BCUT2D eigenvalue weighted by atomic mass is 19.1. The Balaban J connectivity index is 1.56. The van der Waals surface area contributed by atoms with Gasteiger partial charge >= 0.3 is 5.97 Å². The highest BCUT2D eigenvalue weighted by molar-refractivity contribution is 5.72. The van der Waals surface area contributed by atoms with Crippen molar-refractivity contribution >= 4 is 5.97 Å².